The number of rotatable bonds is 14. The minimum atomic E-state index is -3.99. The van der Waals surface area contributed by atoms with Crippen molar-refractivity contribution < 1.29 is 13.2 Å². The van der Waals surface area contributed by atoms with E-state index in [-0.39, 0.29) is 0 Å². The van der Waals surface area contributed by atoms with E-state index in [2.05, 4.69) is 40.4 Å². The van der Waals surface area contributed by atoms with E-state index in [9.17, 15) is 13.2 Å². The molecule has 0 heterocycles. The molecule has 0 aliphatic rings. The molecule has 25 heavy (non-hydrogen) atoms. The van der Waals surface area contributed by atoms with Crippen molar-refractivity contribution in [3.05, 3.63) is 0 Å². The van der Waals surface area contributed by atoms with E-state index in [1.807, 2.05) is 0 Å². The van der Waals surface area contributed by atoms with E-state index in [1.165, 1.54) is 63.5 Å². The SMILES string of the molecule is CCCCCCCCCC[Si](C)(CC(C)C)[Si](C)(C)CCC(F)(F)F. The van der Waals surface area contributed by atoms with Gasteiger partial charge < -0.3 is 0 Å². The van der Waals surface area contributed by atoms with Crippen LogP contribution in [0.2, 0.25) is 37.8 Å². The molecule has 0 aliphatic carbocycles. The van der Waals surface area contributed by atoms with E-state index in [0.29, 0.717) is 12.0 Å². The normalized spacial score (nSPS) is 15.6. The monoisotopic (exact) mass is 396 g/mol. The highest BCUT2D eigenvalue weighted by Gasteiger charge is 2.45. The molecule has 1 unspecified atom stereocenters. The quantitative estimate of drug-likeness (QED) is 0.204. The largest absolute Gasteiger partial charge is 0.388 e. The lowest BCUT2D eigenvalue weighted by atomic mass is 10.1. The maximum absolute atomic E-state index is 12.8. The van der Waals surface area contributed by atoms with Crippen molar-refractivity contribution in [2.24, 2.45) is 5.92 Å². The maximum atomic E-state index is 12.8. The van der Waals surface area contributed by atoms with Crippen LogP contribution in [0.1, 0.15) is 78.6 Å². The number of halogens is 3. The molecule has 0 fully saturated rings. The Morgan fingerprint density at radius 2 is 1.24 bits per heavy atom. The average molecular weight is 397 g/mol. The van der Waals surface area contributed by atoms with E-state index in [0.717, 1.165) is 0 Å². The predicted molar refractivity (Wildman–Crippen MR) is 112 cm³/mol. The van der Waals surface area contributed by atoms with Crippen molar-refractivity contribution in [1.29, 1.82) is 0 Å². The van der Waals surface area contributed by atoms with Gasteiger partial charge in [0, 0.05) is 21.6 Å². The zero-order valence-electron chi connectivity index (χ0n) is 17.7. The van der Waals surface area contributed by atoms with Crippen molar-refractivity contribution in [2.75, 3.05) is 0 Å². The first-order valence-electron chi connectivity index (χ1n) is 10.5. The summed E-state index contributed by atoms with van der Waals surface area (Å²) in [6.45, 7) is 13.7. The molecule has 152 valence electrons. The van der Waals surface area contributed by atoms with Gasteiger partial charge in [0.15, 0.2) is 0 Å². The molecule has 0 radical (unpaired) electrons. The van der Waals surface area contributed by atoms with E-state index in [1.54, 1.807) is 0 Å². The molecule has 5 heteroatoms. The molecule has 0 saturated carbocycles. The van der Waals surface area contributed by atoms with Crippen LogP contribution < -0.4 is 0 Å². The van der Waals surface area contributed by atoms with E-state index in [4.69, 9.17) is 0 Å². The second-order valence-corrected chi connectivity index (χ2v) is 25.4. The van der Waals surface area contributed by atoms with Crippen molar-refractivity contribution in [2.45, 2.75) is 123 Å². The number of unbranched alkanes of at least 4 members (excludes halogenated alkanes) is 7. The summed E-state index contributed by atoms with van der Waals surface area (Å²) < 4.78 is 38.3. The number of hydrogen-bond acceptors (Lipinski definition) is 0. The van der Waals surface area contributed by atoms with Gasteiger partial charge in [-0.05, 0) is 5.92 Å². The van der Waals surface area contributed by atoms with Gasteiger partial charge in [0.1, 0.15) is 0 Å². The molecule has 0 aromatic heterocycles. The van der Waals surface area contributed by atoms with Crippen molar-refractivity contribution in [3.63, 3.8) is 0 Å². The summed E-state index contributed by atoms with van der Waals surface area (Å²) in [5.74, 6) is 0.614. The van der Waals surface area contributed by atoms with Crippen molar-refractivity contribution >= 4 is 15.2 Å². The van der Waals surface area contributed by atoms with Gasteiger partial charge in [0.2, 0.25) is 0 Å². The minimum absolute atomic E-state index is 0.433. The summed E-state index contributed by atoms with van der Waals surface area (Å²) in [5, 5.41) is 0. The molecule has 0 rings (SSSR count). The fraction of sp³-hybridized carbons (Fsp3) is 1.00. The second kappa shape index (κ2) is 11.8. The van der Waals surface area contributed by atoms with Crippen LogP contribution in [0.5, 0.6) is 0 Å². The molecule has 0 amide bonds. The summed E-state index contributed by atoms with van der Waals surface area (Å²) in [6, 6.07) is 2.89. The molecule has 0 nitrogen and oxygen atoms in total. The Morgan fingerprint density at radius 3 is 1.68 bits per heavy atom. The average Bonchev–Trinajstić information content (AvgIpc) is 2.46. The molecule has 0 N–H and O–H groups in total. The first-order chi connectivity index (χ1) is 11.4. The number of hydrogen-bond donors (Lipinski definition) is 0. The summed E-state index contributed by atoms with van der Waals surface area (Å²) in [6.07, 6.45) is 5.93. The first-order valence-corrected chi connectivity index (χ1v) is 17.6. The summed E-state index contributed by atoms with van der Waals surface area (Å²) in [5.41, 5.74) is 0. The zero-order chi connectivity index (χ0) is 19.6. The third-order valence-corrected chi connectivity index (χ3v) is 26.0. The van der Waals surface area contributed by atoms with Crippen LogP contribution in [-0.2, 0) is 0 Å². The molecule has 0 aliphatic heterocycles. The maximum Gasteiger partial charge on any atom is 0.388 e. The zero-order valence-corrected chi connectivity index (χ0v) is 19.7. The van der Waals surface area contributed by atoms with Crippen LogP contribution in [0.3, 0.4) is 0 Å². The van der Waals surface area contributed by atoms with Gasteiger partial charge in [-0.25, -0.2) is 0 Å². The van der Waals surface area contributed by atoms with Gasteiger partial charge >= 0.3 is 6.18 Å². The Balaban J connectivity index is 4.49. The van der Waals surface area contributed by atoms with Crippen molar-refractivity contribution in [1.82, 2.24) is 0 Å². The third-order valence-electron chi connectivity index (χ3n) is 6.11. The van der Waals surface area contributed by atoms with Crippen LogP contribution in [0.25, 0.3) is 0 Å². The number of alkyl halides is 3. The minimum Gasteiger partial charge on any atom is -0.171 e. The molecule has 0 saturated heterocycles. The Bertz CT molecular complexity index is 340. The van der Waals surface area contributed by atoms with E-state index >= 15 is 0 Å². The molecule has 0 bridgehead atoms. The molecular weight excluding hydrogens is 353 g/mol. The van der Waals surface area contributed by atoms with Gasteiger partial charge in [-0.15, -0.1) is 0 Å². The predicted octanol–water partition coefficient (Wildman–Crippen LogP) is 8.60. The third kappa shape index (κ3) is 11.5. The fourth-order valence-electron chi connectivity index (χ4n) is 4.02. The van der Waals surface area contributed by atoms with Crippen LogP contribution in [0.15, 0.2) is 0 Å². The smallest absolute Gasteiger partial charge is 0.171 e. The highest BCUT2D eigenvalue weighted by atomic mass is 29.3. The van der Waals surface area contributed by atoms with Crippen LogP contribution in [-0.4, -0.2) is 21.4 Å². The summed E-state index contributed by atoms with van der Waals surface area (Å²) in [4.78, 5) is 0. The summed E-state index contributed by atoms with van der Waals surface area (Å²) >= 11 is 0. The lowest BCUT2D eigenvalue weighted by molar-refractivity contribution is -0.130. The van der Waals surface area contributed by atoms with Crippen molar-refractivity contribution in [3.8, 4) is 0 Å². The Kier molecular flexibility index (Phi) is 11.9. The van der Waals surface area contributed by atoms with Gasteiger partial charge in [-0.2, -0.15) is 13.2 Å². The lowest BCUT2D eigenvalue weighted by Crippen LogP contribution is -2.57. The molecule has 1 atom stereocenters. The standard InChI is InChI=1S/C20H43F3Si2/c1-7-8-9-10-11-12-13-14-16-25(6,18-19(2)3)24(4,5)17-15-20(21,22)23/h19H,7-18H2,1-6H3. The van der Waals surface area contributed by atoms with Crippen LogP contribution in [0, 0.1) is 5.92 Å². The molecule has 0 aromatic carbocycles. The van der Waals surface area contributed by atoms with Crippen LogP contribution >= 0.6 is 0 Å². The summed E-state index contributed by atoms with van der Waals surface area (Å²) in [7, 11) is -3.38. The topological polar surface area (TPSA) is 0 Å². The molecule has 0 spiro atoms. The Labute approximate surface area is 157 Å². The van der Waals surface area contributed by atoms with Gasteiger partial charge in [-0.1, -0.05) is 110 Å². The van der Waals surface area contributed by atoms with E-state index < -0.39 is 27.8 Å². The van der Waals surface area contributed by atoms with Gasteiger partial charge in [-0.3, -0.25) is 0 Å². The Morgan fingerprint density at radius 1 is 0.760 bits per heavy atom. The lowest BCUT2D eigenvalue weighted by Gasteiger charge is -2.43. The Hall–Kier alpha value is 0.224. The molecular formula is C20H43F3Si2. The highest BCUT2D eigenvalue weighted by Crippen LogP contribution is 2.38. The van der Waals surface area contributed by atoms with Gasteiger partial charge in [0.25, 0.3) is 0 Å². The highest BCUT2D eigenvalue weighted by molar-refractivity contribution is 7.41. The second-order valence-electron chi connectivity index (χ2n) is 9.38. The fourth-order valence-corrected chi connectivity index (χ4v) is 17.4. The van der Waals surface area contributed by atoms with Crippen LogP contribution in [0.4, 0.5) is 13.2 Å². The first kappa shape index (κ1) is 25.2. The molecule has 0 aromatic rings. The van der Waals surface area contributed by atoms with Gasteiger partial charge in [0.05, 0.1) is 0 Å².